The van der Waals surface area contributed by atoms with E-state index in [1.807, 2.05) is 0 Å². The number of hydrogen-bond acceptors (Lipinski definition) is 2. The molecule has 0 spiro atoms. The van der Waals surface area contributed by atoms with Crippen molar-refractivity contribution >= 4 is 5.57 Å². The molecule has 158 valence electrons. The van der Waals surface area contributed by atoms with Crippen molar-refractivity contribution in [1.82, 2.24) is 10.2 Å². The van der Waals surface area contributed by atoms with E-state index in [9.17, 15) is 0 Å². The van der Waals surface area contributed by atoms with Crippen molar-refractivity contribution in [1.29, 1.82) is 0 Å². The Morgan fingerprint density at radius 3 is 2.41 bits per heavy atom. The van der Waals surface area contributed by atoms with Gasteiger partial charge in [-0.1, -0.05) is 87.9 Å². The maximum atomic E-state index is 4.31. The molecule has 0 heterocycles. The summed E-state index contributed by atoms with van der Waals surface area (Å²) in [5.74, 6) is 0.936. The Labute approximate surface area is 179 Å². The Morgan fingerprint density at radius 1 is 1.07 bits per heavy atom. The second-order valence-electron chi connectivity index (χ2n) is 7.72. The molecule has 1 aromatic rings. The van der Waals surface area contributed by atoms with Crippen LogP contribution in [0.2, 0.25) is 0 Å². The molecule has 1 N–H and O–H groups in total. The van der Waals surface area contributed by atoms with Gasteiger partial charge in [0.2, 0.25) is 0 Å². The van der Waals surface area contributed by atoms with Crippen LogP contribution in [0.3, 0.4) is 0 Å². The van der Waals surface area contributed by atoms with Gasteiger partial charge < -0.3 is 10.2 Å². The Hall–Kier alpha value is -2.48. The van der Waals surface area contributed by atoms with Crippen molar-refractivity contribution in [2.45, 2.75) is 67.2 Å². The van der Waals surface area contributed by atoms with Gasteiger partial charge in [0.25, 0.3) is 0 Å². The zero-order valence-electron chi connectivity index (χ0n) is 19.4. The number of nitrogens with one attached hydrogen (secondary N) is 1. The molecule has 0 aliphatic carbocycles. The van der Waals surface area contributed by atoms with Gasteiger partial charge in [-0.05, 0) is 57.2 Å². The van der Waals surface area contributed by atoms with E-state index >= 15 is 0 Å². The lowest BCUT2D eigenvalue weighted by Gasteiger charge is -2.29. The predicted octanol–water partition coefficient (Wildman–Crippen LogP) is 7.73. The van der Waals surface area contributed by atoms with Gasteiger partial charge in [-0.25, -0.2) is 0 Å². The molecular formula is C27H40N2. The van der Waals surface area contributed by atoms with E-state index in [2.05, 4.69) is 107 Å². The van der Waals surface area contributed by atoms with Gasteiger partial charge in [-0.2, -0.15) is 0 Å². The molecule has 2 heteroatoms. The van der Waals surface area contributed by atoms with Crippen LogP contribution in [0, 0.1) is 6.92 Å². The average molecular weight is 393 g/mol. The fourth-order valence-corrected chi connectivity index (χ4v) is 3.18. The average Bonchev–Trinajstić information content (AvgIpc) is 2.68. The lowest BCUT2D eigenvalue weighted by atomic mass is 10.0. The van der Waals surface area contributed by atoms with Gasteiger partial charge in [0, 0.05) is 17.9 Å². The summed E-state index contributed by atoms with van der Waals surface area (Å²) in [6.45, 7) is 22.4. The smallest absolute Gasteiger partial charge is 0.102 e. The number of aryl methyl sites for hydroxylation is 1. The highest BCUT2D eigenvalue weighted by atomic mass is 15.2. The van der Waals surface area contributed by atoms with Crippen LogP contribution in [0.5, 0.6) is 0 Å². The Balaban J connectivity index is 3.01. The van der Waals surface area contributed by atoms with Crippen LogP contribution in [0.1, 0.15) is 71.4 Å². The van der Waals surface area contributed by atoms with Crippen molar-refractivity contribution in [2.24, 2.45) is 0 Å². The zero-order chi connectivity index (χ0) is 21.8. The second kappa shape index (κ2) is 12.9. The summed E-state index contributed by atoms with van der Waals surface area (Å²) in [6.07, 6.45) is 11.1. The number of rotatable bonds is 12. The summed E-state index contributed by atoms with van der Waals surface area (Å²) in [5, 5.41) is 3.46. The van der Waals surface area contributed by atoms with E-state index in [0.29, 0.717) is 0 Å². The molecule has 0 bridgehead atoms. The number of allylic oxidation sites excluding steroid dienone is 7. The third-order valence-corrected chi connectivity index (χ3v) is 5.06. The summed E-state index contributed by atoms with van der Waals surface area (Å²) in [6, 6.07) is 8.47. The van der Waals surface area contributed by atoms with Gasteiger partial charge in [-0.15, -0.1) is 0 Å². The first-order valence-corrected chi connectivity index (χ1v) is 10.8. The zero-order valence-corrected chi connectivity index (χ0v) is 19.4. The van der Waals surface area contributed by atoms with Crippen LogP contribution in [0.15, 0.2) is 78.4 Å². The topological polar surface area (TPSA) is 15.3 Å². The summed E-state index contributed by atoms with van der Waals surface area (Å²) >= 11 is 0. The Morgan fingerprint density at radius 2 is 1.79 bits per heavy atom. The molecule has 1 rings (SSSR count). The van der Waals surface area contributed by atoms with Crippen molar-refractivity contribution in [3.63, 3.8) is 0 Å². The quantitative estimate of drug-likeness (QED) is 0.289. The minimum absolute atomic E-state index is 0.936. The summed E-state index contributed by atoms with van der Waals surface area (Å²) in [7, 11) is 0. The van der Waals surface area contributed by atoms with Crippen LogP contribution < -0.4 is 5.32 Å². The molecule has 0 saturated heterocycles. The van der Waals surface area contributed by atoms with E-state index in [4.69, 9.17) is 0 Å². The molecule has 0 amide bonds. The molecular weight excluding hydrogens is 352 g/mol. The van der Waals surface area contributed by atoms with Crippen LogP contribution in [0.4, 0.5) is 0 Å². The van der Waals surface area contributed by atoms with Crippen LogP contribution in [-0.4, -0.2) is 11.4 Å². The highest BCUT2D eigenvalue weighted by molar-refractivity contribution is 5.72. The highest BCUT2D eigenvalue weighted by Gasteiger charge is 2.11. The normalized spacial score (nSPS) is 12.7. The number of nitrogens with zero attached hydrogens (tertiary/aromatic N) is 1. The third-order valence-electron chi connectivity index (χ3n) is 5.06. The lowest BCUT2D eigenvalue weighted by molar-refractivity contribution is 0.388. The summed E-state index contributed by atoms with van der Waals surface area (Å²) in [4.78, 5) is 2.30. The Kier molecular flexibility index (Phi) is 10.9. The largest absolute Gasteiger partial charge is 0.346 e. The number of benzene rings is 1. The van der Waals surface area contributed by atoms with E-state index < -0.39 is 0 Å². The van der Waals surface area contributed by atoms with Crippen LogP contribution in [-0.2, 0) is 0 Å². The lowest BCUT2D eigenvalue weighted by Crippen LogP contribution is -2.30. The summed E-state index contributed by atoms with van der Waals surface area (Å²) in [5.41, 5.74) is 7.02. The molecule has 0 aliphatic heterocycles. The van der Waals surface area contributed by atoms with Gasteiger partial charge >= 0.3 is 0 Å². The van der Waals surface area contributed by atoms with Gasteiger partial charge in [0.15, 0.2) is 0 Å². The molecule has 0 unspecified atom stereocenters. The van der Waals surface area contributed by atoms with E-state index in [0.717, 1.165) is 42.0 Å². The maximum absolute atomic E-state index is 4.31. The number of hydrogen-bond donors (Lipinski definition) is 1. The standard InChI is InChI=1S/C27H40N2/c1-9-11-12-19-29(26(8)28-24(6)14-10-2)25(7)22(4)17-18-23(5)27-16-13-15-21(3)20-27/h13-18,20,28H,5,8-12,19H2,1-4,6-7H3/b18-17-,24-14+,25-22+. The molecule has 0 aliphatic rings. The third kappa shape index (κ3) is 8.60. The SMILES string of the molecule is C=C(/C=C\C(C)=C(/C)N(CCCCC)C(=C)N/C(C)=C/CC)c1cccc(C)c1. The molecule has 2 nitrogen and oxygen atoms in total. The van der Waals surface area contributed by atoms with Gasteiger partial charge in [-0.3, -0.25) is 0 Å². The number of unbranched alkanes of at least 4 members (excludes halogenated alkanes) is 2. The fraction of sp³-hybridized carbons (Fsp3) is 0.407. The van der Waals surface area contributed by atoms with Crippen molar-refractivity contribution in [3.8, 4) is 0 Å². The predicted molar refractivity (Wildman–Crippen MR) is 130 cm³/mol. The molecule has 29 heavy (non-hydrogen) atoms. The fourth-order valence-electron chi connectivity index (χ4n) is 3.18. The van der Waals surface area contributed by atoms with E-state index in [-0.39, 0.29) is 0 Å². The maximum Gasteiger partial charge on any atom is 0.102 e. The molecule has 0 radical (unpaired) electrons. The van der Waals surface area contributed by atoms with Crippen molar-refractivity contribution in [2.75, 3.05) is 6.54 Å². The summed E-state index contributed by atoms with van der Waals surface area (Å²) < 4.78 is 0. The van der Waals surface area contributed by atoms with Crippen LogP contribution >= 0.6 is 0 Å². The van der Waals surface area contributed by atoms with Crippen molar-refractivity contribution in [3.05, 3.63) is 89.6 Å². The van der Waals surface area contributed by atoms with E-state index in [1.54, 1.807) is 0 Å². The minimum atomic E-state index is 0.936. The first-order chi connectivity index (χ1) is 13.8. The van der Waals surface area contributed by atoms with Gasteiger partial charge in [0.05, 0.1) is 0 Å². The molecule has 0 saturated carbocycles. The van der Waals surface area contributed by atoms with Gasteiger partial charge in [0.1, 0.15) is 5.82 Å². The molecule has 0 aromatic heterocycles. The monoisotopic (exact) mass is 392 g/mol. The molecule has 0 fully saturated rings. The highest BCUT2D eigenvalue weighted by Crippen LogP contribution is 2.20. The molecule has 0 atom stereocenters. The Bertz CT molecular complexity index is 777. The van der Waals surface area contributed by atoms with Crippen LogP contribution in [0.25, 0.3) is 5.57 Å². The second-order valence-corrected chi connectivity index (χ2v) is 7.72. The van der Waals surface area contributed by atoms with Crippen molar-refractivity contribution < 1.29 is 0 Å². The minimum Gasteiger partial charge on any atom is -0.346 e. The van der Waals surface area contributed by atoms with E-state index in [1.165, 1.54) is 29.7 Å². The first-order valence-electron chi connectivity index (χ1n) is 10.8. The molecule has 1 aromatic carbocycles. The first kappa shape index (κ1) is 24.6.